The number of hydrogen-bond donors (Lipinski definition) is 0. The number of nitrogens with zero attached hydrogens (tertiary/aromatic N) is 2. The predicted molar refractivity (Wildman–Crippen MR) is 83.3 cm³/mol. The highest BCUT2D eigenvalue weighted by atomic mass is 16.6. The molecule has 0 saturated carbocycles. The SMILES string of the molecule is CCN(C(=O)CN(C)C(=O)OC(C)(C)C)c1ccccc1. The minimum Gasteiger partial charge on any atom is -0.444 e. The fraction of sp³-hybridized carbons (Fsp3) is 0.500. The van der Waals surface area contributed by atoms with Crippen molar-refractivity contribution in [2.24, 2.45) is 0 Å². The van der Waals surface area contributed by atoms with Gasteiger partial charge in [-0.05, 0) is 39.8 Å². The van der Waals surface area contributed by atoms with E-state index in [4.69, 9.17) is 4.74 Å². The highest BCUT2D eigenvalue weighted by Gasteiger charge is 2.23. The van der Waals surface area contributed by atoms with Crippen molar-refractivity contribution in [2.45, 2.75) is 33.3 Å². The van der Waals surface area contributed by atoms with Crippen LogP contribution in [-0.2, 0) is 9.53 Å². The molecule has 0 saturated heterocycles. The van der Waals surface area contributed by atoms with Crippen molar-refractivity contribution >= 4 is 17.7 Å². The highest BCUT2D eigenvalue weighted by molar-refractivity contribution is 5.96. The Hall–Kier alpha value is -2.04. The van der Waals surface area contributed by atoms with Gasteiger partial charge in [0.15, 0.2) is 0 Å². The van der Waals surface area contributed by atoms with Gasteiger partial charge in [-0.15, -0.1) is 0 Å². The summed E-state index contributed by atoms with van der Waals surface area (Å²) in [7, 11) is 1.56. The average Bonchev–Trinajstić information content (AvgIpc) is 2.38. The van der Waals surface area contributed by atoms with Crippen LogP contribution < -0.4 is 4.90 Å². The first-order chi connectivity index (χ1) is 9.74. The molecule has 0 aliphatic carbocycles. The van der Waals surface area contributed by atoms with Crippen LogP contribution >= 0.6 is 0 Å². The van der Waals surface area contributed by atoms with Crippen molar-refractivity contribution in [3.05, 3.63) is 30.3 Å². The van der Waals surface area contributed by atoms with Crippen LogP contribution in [-0.4, -0.2) is 42.6 Å². The smallest absolute Gasteiger partial charge is 0.410 e. The molecule has 0 heterocycles. The van der Waals surface area contributed by atoms with Gasteiger partial charge < -0.3 is 14.5 Å². The first kappa shape index (κ1) is 17.0. The summed E-state index contributed by atoms with van der Waals surface area (Å²) in [5.74, 6) is -0.142. The Balaban J connectivity index is 2.68. The Morgan fingerprint density at radius 1 is 1.14 bits per heavy atom. The molecule has 0 bridgehead atoms. The molecule has 1 rings (SSSR count). The summed E-state index contributed by atoms with van der Waals surface area (Å²) in [6.07, 6.45) is -0.500. The van der Waals surface area contributed by atoms with Crippen LogP contribution in [0.4, 0.5) is 10.5 Å². The maximum atomic E-state index is 12.3. The topological polar surface area (TPSA) is 49.9 Å². The monoisotopic (exact) mass is 292 g/mol. The molecule has 0 radical (unpaired) electrons. The second-order valence-corrected chi connectivity index (χ2v) is 5.81. The van der Waals surface area contributed by atoms with Gasteiger partial charge in [-0.2, -0.15) is 0 Å². The zero-order valence-corrected chi connectivity index (χ0v) is 13.4. The summed E-state index contributed by atoms with van der Waals surface area (Å²) in [6, 6.07) is 9.39. The fourth-order valence-corrected chi connectivity index (χ4v) is 1.80. The molecule has 1 aromatic rings. The fourth-order valence-electron chi connectivity index (χ4n) is 1.80. The Labute approximate surface area is 126 Å². The van der Waals surface area contributed by atoms with E-state index in [1.54, 1.807) is 32.7 Å². The van der Waals surface area contributed by atoms with E-state index in [9.17, 15) is 9.59 Å². The summed E-state index contributed by atoms with van der Waals surface area (Å²) in [4.78, 5) is 27.1. The molecule has 0 aromatic heterocycles. The van der Waals surface area contributed by atoms with E-state index in [-0.39, 0.29) is 12.5 Å². The van der Waals surface area contributed by atoms with Gasteiger partial charge in [-0.25, -0.2) is 4.79 Å². The van der Waals surface area contributed by atoms with E-state index < -0.39 is 11.7 Å². The number of rotatable bonds is 4. The standard InChI is InChI=1S/C16H24N2O3/c1-6-18(13-10-8-7-9-11-13)14(19)12-17(5)15(20)21-16(2,3)4/h7-11H,6,12H2,1-5H3. The first-order valence-corrected chi connectivity index (χ1v) is 7.04. The third kappa shape index (κ3) is 5.45. The molecule has 1 aromatic carbocycles. The number of para-hydroxylation sites is 1. The lowest BCUT2D eigenvalue weighted by Crippen LogP contribution is -2.43. The van der Waals surface area contributed by atoms with Gasteiger partial charge in [0.1, 0.15) is 12.1 Å². The first-order valence-electron chi connectivity index (χ1n) is 7.04. The van der Waals surface area contributed by atoms with Crippen molar-refractivity contribution < 1.29 is 14.3 Å². The van der Waals surface area contributed by atoms with E-state index in [0.29, 0.717) is 6.54 Å². The van der Waals surface area contributed by atoms with Crippen molar-refractivity contribution in [3.8, 4) is 0 Å². The number of anilines is 1. The molecule has 5 nitrogen and oxygen atoms in total. The average molecular weight is 292 g/mol. The molecular weight excluding hydrogens is 268 g/mol. The van der Waals surface area contributed by atoms with E-state index >= 15 is 0 Å². The maximum Gasteiger partial charge on any atom is 0.410 e. The number of amides is 2. The number of hydrogen-bond acceptors (Lipinski definition) is 3. The zero-order chi connectivity index (χ0) is 16.0. The van der Waals surface area contributed by atoms with Crippen LogP contribution in [0.3, 0.4) is 0 Å². The van der Waals surface area contributed by atoms with E-state index in [1.165, 1.54) is 4.90 Å². The predicted octanol–water partition coefficient (Wildman–Crippen LogP) is 2.91. The van der Waals surface area contributed by atoms with Gasteiger partial charge in [0.2, 0.25) is 5.91 Å². The van der Waals surface area contributed by atoms with Gasteiger partial charge in [0.25, 0.3) is 0 Å². The molecule has 0 unspecified atom stereocenters. The molecule has 0 atom stereocenters. The molecule has 0 aliphatic rings. The minimum atomic E-state index is -0.571. The zero-order valence-electron chi connectivity index (χ0n) is 13.4. The van der Waals surface area contributed by atoms with E-state index in [1.807, 2.05) is 37.3 Å². The molecule has 0 spiro atoms. The largest absolute Gasteiger partial charge is 0.444 e. The van der Waals surface area contributed by atoms with Gasteiger partial charge in [-0.3, -0.25) is 4.79 Å². The summed E-state index contributed by atoms with van der Waals surface area (Å²) in [5.41, 5.74) is 0.251. The molecule has 2 amide bonds. The second kappa shape index (κ2) is 7.11. The third-order valence-corrected chi connectivity index (χ3v) is 2.76. The van der Waals surface area contributed by atoms with Crippen molar-refractivity contribution in [1.82, 2.24) is 4.90 Å². The normalized spacial score (nSPS) is 10.9. The second-order valence-electron chi connectivity index (χ2n) is 5.81. The Morgan fingerprint density at radius 3 is 2.19 bits per heavy atom. The molecule has 21 heavy (non-hydrogen) atoms. The number of ether oxygens (including phenoxy) is 1. The lowest BCUT2D eigenvalue weighted by atomic mass is 10.2. The number of likely N-dealkylation sites (N-methyl/N-ethyl adjacent to an activating group) is 2. The Kier molecular flexibility index (Phi) is 5.76. The van der Waals surface area contributed by atoms with Gasteiger partial charge in [0, 0.05) is 19.3 Å². The van der Waals surface area contributed by atoms with Gasteiger partial charge >= 0.3 is 6.09 Å². The molecular formula is C16H24N2O3. The summed E-state index contributed by atoms with van der Waals surface area (Å²) < 4.78 is 5.24. The van der Waals surface area contributed by atoms with Gasteiger partial charge in [0.05, 0.1) is 0 Å². The van der Waals surface area contributed by atoms with Crippen LogP contribution in [0.25, 0.3) is 0 Å². The highest BCUT2D eigenvalue weighted by Crippen LogP contribution is 2.14. The van der Waals surface area contributed by atoms with Crippen molar-refractivity contribution in [2.75, 3.05) is 25.0 Å². The van der Waals surface area contributed by atoms with Crippen LogP contribution in [0.1, 0.15) is 27.7 Å². The Bertz CT molecular complexity index is 480. The number of benzene rings is 1. The van der Waals surface area contributed by atoms with E-state index in [2.05, 4.69) is 0 Å². The van der Waals surface area contributed by atoms with Gasteiger partial charge in [-0.1, -0.05) is 18.2 Å². The van der Waals surface area contributed by atoms with Crippen LogP contribution in [0.15, 0.2) is 30.3 Å². The summed E-state index contributed by atoms with van der Waals surface area (Å²) >= 11 is 0. The quantitative estimate of drug-likeness (QED) is 0.857. The molecule has 0 aliphatic heterocycles. The maximum absolute atomic E-state index is 12.3. The third-order valence-electron chi connectivity index (χ3n) is 2.76. The summed E-state index contributed by atoms with van der Waals surface area (Å²) in [5, 5.41) is 0. The lowest BCUT2D eigenvalue weighted by molar-refractivity contribution is -0.119. The molecule has 5 heteroatoms. The minimum absolute atomic E-state index is 0.0162. The number of carbonyl (C=O) groups is 2. The molecule has 116 valence electrons. The molecule has 0 N–H and O–H groups in total. The van der Waals surface area contributed by atoms with Crippen LogP contribution in [0.5, 0.6) is 0 Å². The summed E-state index contributed by atoms with van der Waals surface area (Å²) in [6.45, 7) is 7.82. The van der Waals surface area contributed by atoms with Crippen molar-refractivity contribution in [3.63, 3.8) is 0 Å². The number of carbonyl (C=O) groups excluding carboxylic acids is 2. The van der Waals surface area contributed by atoms with E-state index in [0.717, 1.165) is 5.69 Å². The van der Waals surface area contributed by atoms with Crippen molar-refractivity contribution in [1.29, 1.82) is 0 Å². The Morgan fingerprint density at radius 2 is 1.71 bits per heavy atom. The van der Waals surface area contributed by atoms with Crippen LogP contribution in [0.2, 0.25) is 0 Å². The lowest BCUT2D eigenvalue weighted by Gasteiger charge is -2.27. The van der Waals surface area contributed by atoms with Crippen LogP contribution in [0, 0.1) is 0 Å². The molecule has 0 fully saturated rings.